The van der Waals surface area contributed by atoms with E-state index in [-0.39, 0.29) is 11.8 Å². The average Bonchev–Trinajstić information content (AvgIpc) is 2.41. The minimum atomic E-state index is -0.349. The Morgan fingerprint density at radius 3 is 2.64 bits per heavy atom. The van der Waals surface area contributed by atoms with Crippen molar-refractivity contribution in [3.63, 3.8) is 0 Å². The number of H-pyrrole nitrogens is 1. The Balaban J connectivity index is 2.72. The molecule has 1 aliphatic rings. The van der Waals surface area contributed by atoms with E-state index in [0.717, 1.165) is 0 Å². The minimum Gasteiger partial charge on any atom is -0.355 e. The highest BCUT2D eigenvalue weighted by Gasteiger charge is 2.30. The summed E-state index contributed by atoms with van der Waals surface area (Å²) >= 11 is 3.12. The number of carbonyl (C=O) groups is 2. The van der Waals surface area contributed by atoms with Gasteiger partial charge in [0.25, 0.3) is 11.8 Å². The molecule has 0 aromatic carbocycles. The fourth-order valence-corrected chi connectivity index (χ4v) is 1.54. The zero-order valence-electron chi connectivity index (χ0n) is 5.27. The van der Waals surface area contributed by atoms with Gasteiger partial charge in [0, 0.05) is 6.20 Å². The molecule has 2 N–H and O–H groups in total. The van der Waals surface area contributed by atoms with Gasteiger partial charge < -0.3 is 4.98 Å². The number of hydrogen-bond acceptors (Lipinski definition) is 2. The number of hydrogen-bond donors (Lipinski definition) is 2. The summed E-state index contributed by atoms with van der Waals surface area (Å²) in [5.74, 6) is -0.690. The van der Waals surface area contributed by atoms with Gasteiger partial charge in [0.1, 0.15) is 0 Å². The van der Waals surface area contributed by atoms with Crippen LogP contribution in [0.2, 0.25) is 0 Å². The summed E-state index contributed by atoms with van der Waals surface area (Å²) in [5.41, 5.74) is 0.803. The maximum Gasteiger partial charge on any atom is 0.261 e. The second-order valence-corrected chi connectivity index (χ2v) is 2.97. The zero-order valence-corrected chi connectivity index (χ0v) is 6.86. The Bertz CT molecular complexity index is 355. The maximum atomic E-state index is 11.0. The normalized spacial score (nSPS) is 15.0. The first-order valence-corrected chi connectivity index (χ1v) is 3.72. The van der Waals surface area contributed by atoms with Gasteiger partial charge >= 0.3 is 0 Å². The van der Waals surface area contributed by atoms with Crippen LogP contribution in [0.15, 0.2) is 10.8 Å². The lowest BCUT2D eigenvalue weighted by Crippen LogP contribution is -2.20. The molecular formula is C6H3BrN2O2. The van der Waals surface area contributed by atoms with Gasteiger partial charge in [0.15, 0.2) is 0 Å². The van der Waals surface area contributed by atoms with Crippen LogP contribution in [0.5, 0.6) is 0 Å². The number of nitrogens with one attached hydrogen (secondary N) is 2. The van der Waals surface area contributed by atoms with Gasteiger partial charge in [-0.1, -0.05) is 0 Å². The number of amides is 2. The van der Waals surface area contributed by atoms with E-state index in [1.54, 1.807) is 0 Å². The molecule has 0 bridgehead atoms. The molecule has 0 spiro atoms. The molecule has 5 heteroatoms. The number of aromatic nitrogens is 1. The van der Waals surface area contributed by atoms with Crippen LogP contribution in [-0.4, -0.2) is 16.8 Å². The molecule has 0 unspecified atom stereocenters. The first-order chi connectivity index (χ1) is 5.20. The topological polar surface area (TPSA) is 62.0 Å². The lowest BCUT2D eigenvalue weighted by atomic mass is 10.2. The number of imide groups is 1. The highest BCUT2D eigenvalue weighted by atomic mass is 79.9. The molecule has 0 saturated heterocycles. The van der Waals surface area contributed by atoms with Crippen molar-refractivity contribution in [1.82, 2.24) is 10.3 Å². The molecule has 2 amide bonds. The van der Waals surface area contributed by atoms with Crippen LogP contribution in [0.3, 0.4) is 0 Å². The van der Waals surface area contributed by atoms with Crippen molar-refractivity contribution in [2.75, 3.05) is 0 Å². The van der Waals surface area contributed by atoms with E-state index in [1.165, 1.54) is 6.20 Å². The van der Waals surface area contributed by atoms with Gasteiger partial charge in [-0.25, -0.2) is 0 Å². The average molecular weight is 215 g/mol. The molecule has 2 heterocycles. The molecule has 1 aliphatic heterocycles. The van der Waals surface area contributed by atoms with E-state index in [9.17, 15) is 9.59 Å². The van der Waals surface area contributed by atoms with Crippen molar-refractivity contribution >= 4 is 27.7 Å². The van der Waals surface area contributed by atoms with E-state index >= 15 is 0 Å². The third-order valence-electron chi connectivity index (χ3n) is 1.53. The summed E-state index contributed by atoms with van der Waals surface area (Å²) in [4.78, 5) is 24.6. The standard InChI is InChI=1S/C6H3BrN2O2/c7-4-3-2(1-8-4)5(10)9-6(3)11/h1,8H,(H,9,10,11). The van der Waals surface area contributed by atoms with Crippen molar-refractivity contribution in [2.24, 2.45) is 0 Å². The highest BCUT2D eigenvalue weighted by molar-refractivity contribution is 9.10. The van der Waals surface area contributed by atoms with Crippen LogP contribution in [0.1, 0.15) is 20.7 Å². The van der Waals surface area contributed by atoms with Crippen LogP contribution in [0.4, 0.5) is 0 Å². The van der Waals surface area contributed by atoms with Crippen molar-refractivity contribution in [3.8, 4) is 0 Å². The predicted molar refractivity (Wildman–Crippen MR) is 40.3 cm³/mol. The van der Waals surface area contributed by atoms with E-state index in [0.29, 0.717) is 15.7 Å². The van der Waals surface area contributed by atoms with Crippen LogP contribution < -0.4 is 5.32 Å². The SMILES string of the molecule is O=C1NC(=O)c2c1c[nH]c2Br. The Hall–Kier alpha value is -1.10. The summed E-state index contributed by atoms with van der Waals surface area (Å²) in [6, 6.07) is 0. The Kier molecular flexibility index (Phi) is 1.17. The van der Waals surface area contributed by atoms with Gasteiger partial charge in [0.05, 0.1) is 15.7 Å². The summed E-state index contributed by atoms with van der Waals surface area (Å²) in [7, 11) is 0. The summed E-state index contributed by atoms with van der Waals surface area (Å²) < 4.78 is 0.552. The number of fused-ring (bicyclic) bond motifs is 1. The lowest BCUT2D eigenvalue weighted by molar-refractivity contribution is 0.0878. The van der Waals surface area contributed by atoms with Crippen molar-refractivity contribution < 1.29 is 9.59 Å². The Morgan fingerprint density at radius 1 is 1.27 bits per heavy atom. The fraction of sp³-hybridized carbons (Fsp3) is 0. The monoisotopic (exact) mass is 214 g/mol. The predicted octanol–water partition coefficient (Wildman–Crippen LogP) is 0.661. The molecule has 0 saturated carbocycles. The summed E-state index contributed by atoms with van der Waals surface area (Å²) in [5, 5.41) is 2.18. The van der Waals surface area contributed by atoms with Crippen molar-refractivity contribution in [3.05, 3.63) is 21.9 Å². The van der Waals surface area contributed by atoms with Gasteiger partial charge in [-0.05, 0) is 15.9 Å². The minimum absolute atomic E-state index is 0.341. The lowest BCUT2D eigenvalue weighted by Gasteiger charge is -1.87. The van der Waals surface area contributed by atoms with Crippen LogP contribution in [0.25, 0.3) is 0 Å². The van der Waals surface area contributed by atoms with E-state index < -0.39 is 0 Å². The molecular weight excluding hydrogens is 212 g/mol. The van der Waals surface area contributed by atoms with E-state index in [1.807, 2.05) is 0 Å². The third kappa shape index (κ3) is 0.742. The molecule has 0 aliphatic carbocycles. The number of rotatable bonds is 0. The molecule has 4 nitrogen and oxygen atoms in total. The molecule has 0 fully saturated rings. The maximum absolute atomic E-state index is 11.0. The van der Waals surface area contributed by atoms with Crippen LogP contribution in [-0.2, 0) is 0 Å². The Morgan fingerprint density at radius 2 is 2.00 bits per heavy atom. The van der Waals surface area contributed by atoms with Gasteiger partial charge in [-0.3, -0.25) is 14.9 Å². The van der Waals surface area contributed by atoms with Crippen LogP contribution in [0, 0.1) is 0 Å². The smallest absolute Gasteiger partial charge is 0.261 e. The molecule has 0 atom stereocenters. The molecule has 56 valence electrons. The summed E-state index contributed by atoms with van der Waals surface area (Å²) in [6.07, 6.45) is 1.50. The van der Waals surface area contributed by atoms with Crippen molar-refractivity contribution in [2.45, 2.75) is 0 Å². The summed E-state index contributed by atoms with van der Waals surface area (Å²) in [6.45, 7) is 0. The van der Waals surface area contributed by atoms with Crippen LogP contribution >= 0.6 is 15.9 Å². The first-order valence-electron chi connectivity index (χ1n) is 2.92. The second kappa shape index (κ2) is 1.94. The zero-order chi connectivity index (χ0) is 8.01. The first kappa shape index (κ1) is 6.60. The Labute approximate surface area is 70.1 Å². The van der Waals surface area contributed by atoms with Crippen molar-refractivity contribution in [1.29, 1.82) is 0 Å². The van der Waals surface area contributed by atoms with Gasteiger partial charge in [0.2, 0.25) is 0 Å². The molecule has 11 heavy (non-hydrogen) atoms. The molecule has 1 aromatic heterocycles. The molecule has 1 aromatic rings. The van der Waals surface area contributed by atoms with Gasteiger partial charge in [-0.2, -0.15) is 0 Å². The number of aromatic amines is 1. The fourth-order valence-electron chi connectivity index (χ4n) is 1.03. The second-order valence-electron chi connectivity index (χ2n) is 2.17. The largest absolute Gasteiger partial charge is 0.355 e. The molecule has 0 radical (unpaired) electrons. The third-order valence-corrected chi connectivity index (χ3v) is 2.16. The van der Waals surface area contributed by atoms with E-state index in [2.05, 4.69) is 26.2 Å². The quantitative estimate of drug-likeness (QED) is 0.624. The highest BCUT2D eigenvalue weighted by Crippen LogP contribution is 2.23. The number of carbonyl (C=O) groups excluding carboxylic acids is 2. The van der Waals surface area contributed by atoms with Gasteiger partial charge in [-0.15, -0.1) is 0 Å². The molecule has 2 rings (SSSR count). The van der Waals surface area contributed by atoms with E-state index in [4.69, 9.17) is 0 Å². The number of halogens is 1.